The van der Waals surface area contributed by atoms with Crippen LogP contribution in [0.3, 0.4) is 0 Å². The normalized spacial score (nSPS) is 17.1. The van der Waals surface area contributed by atoms with E-state index in [-0.39, 0.29) is 11.8 Å². The largest absolute Gasteiger partial charge is 0.369 e. The number of hydrogen-bond acceptors (Lipinski definition) is 5. The molecular weight excluding hydrogens is 577 g/mol. The molecule has 0 radical (unpaired) electrons. The number of amides is 2. The summed E-state index contributed by atoms with van der Waals surface area (Å²) >= 11 is 1.57. The van der Waals surface area contributed by atoms with E-state index in [4.69, 9.17) is 10.7 Å². The fourth-order valence-electron chi connectivity index (χ4n) is 5.35. The maximum Gasteiger partial charge on any atom is 0.230 e. The number of fused-ring (bicyclic) bond motifs is 1. The molecule has 3 atom stereocenters. The Hall–Kier alpha value is -3.03. The first-order valence-electron chi connectivity index (χ1n) is 17.1. The van der Waals surface area contributed by atoms with Gasteiger partial charge in [0.05, 0.1) is 17.5 Å². The number of nitrogens with zero attached hydrogens (tertiary/aromatic N) is 1. The van der Waals surface area contributed by atoms with Crippen LogP contribution < -0.4 is 16.4 Å². The average Bonchev–Trinajstić information content (AvgIpc) is 3.41. The molecule has 0 aromatic carbocycles. The van der Waals surface area contributed by atoms with Gasteiger partial charge in [-0.1, -0.05) is 101 Å². The zero-order valence-electron chi connectivity index (χ0n) is 28.2. The number of aryl methyl sites for hydroxylation is 1. The van der Waals surface area contributed by atoms with Crippen molar-refractivity contribution in [2.45, 2.75) is 111 Å². The van der Waals surface area contributed by atoms with Crippen LogP contribution in [0.15, 0.2) is 72.9 Å². The first-order chi connectivity index (χ1) is 21.8. The Labute approximate surface area is 277 Å². The van der Waals surface area contributed by atoms with Crippen molar-refractivity contribution in [2.24, 2.45) is 23.5 Å². The Morgan fingerprint density at radius 3 is 1.93 bits per heavy atom. The molecule has 0 saturated carbocycles. The average molecular weight is 635 g/mol. The molecule has 45 heavy (non-hydrogen) atoms. The highest BCUT2D eigenvalue weighted by atomic mass is 32.1. The van der Waals surface area contributed by atoms with E-state index in [0.29, 0.717) is 24.0 Å². The molecule has 2 rings (SSSR count). The van der Waals surface area contributed by atoms with Crippen molar-refractivity contribution in [3.05, 3.63) is 83.5 Å². The standard InChI is InChI=1S/C38H58N4O2S/c1-5-7-8-9-10-11-12-13-14-15-16-17-18-19-20-21-22-23-24-32(36(39)43)33(28-30(3)4)37(44)42-38-41-34-26-25-31(40-27-6-2)29-35(34)45-38/h7-8,10-11,13-14,16-17,19-20,22-23,30-33,40H,5-6,9,12,15,18,21,24-29H2,1-4H3,(H2,39,43)(H,41,42,44)/t31-,32?,33+/m1/s1. The maximum absolute atomic E-state index is 13.5. The molecule has 2 amide bonds. The van der Waals surface area contributed by atoms with Crippen molar-refractivity contribution >= 4 is 28.3 Å². The van der Waals surface area contributed by atoms with Gasteiger partial charge in [-0.3, -0.25) is 9.59 Å². The fourth-order valence-corrected chi connectivity index (χ4v) is 6.45. The van der Waals surface area contributed by atoms with E-state index >= 15 is 0 Å². The summed E-state index contributed by atoms with van der Waals surface area (Å²) in [5, 5.41) is 7.29. The third-order valence-electron chi connectivity index (χ3n) is 7.75. The van der Waals surface area contributed by atoms with Crippen LogP contribution in [-0.2, 0) is 22.4 Å². The molecule has 1 aliphatic rings. The van der Waals surface area contributed by atoms with Crippen LogP contribution in [0, 0.1) is 17.8 Å². The van der Waals surface area contributed by atoms with Crippen molar-refractivity contribution < 1.29 is 9.59 Å². The maximum atomic E-state index is 13.5. The van der Waals surface area contributed by atoms with Gasteiger partial charge in [-0.25, -0.2) is 4.98 Å². The lowest BCUT2D eigenvalue weighted by molar-refractivity contribution is -0.130. The van der Waals surface area contributed by atoms with Gasteiger partial charge in [-0.05, 0) is 89.5 Å². The lowest BCUT2D eigenvalue weighted by atomic mass is 9.82. The molecule has 0 saturated heterocycles. The van der Waals surface area contributed by atoms with E-state index in [0.717, 1.165) is 76.4 Å². The summed E-state index contributed by atoms with van der Waals surface area (Å²) < 4.78 is 0. The zero-order valence-corrected chi connectivity index (χ0v) is 29.0. The van der Waals surface area contributed by atoms with E-state index in [1.54, 1.807) is 11.3 Å². The summed E-state index contributed by atoms with van der Waals surface area (Å²) in [7, 11) is 0. The smallest absolute Gasteiger partial charge is 0.230 e. The van der Waals surface area contributed by atoms with Gasteiger partial charge in [0, 0.05) is 10.9 Å². The third-order valence-corrected chi connectivity index (χ3v) is 8.79. The number of rotatable bonds is 22. The van der Waals surface area contributed by atoms with Gasteiger partial charge in [-0.15, -0.1) is 11.3 Å². The number of carbonyl (C=O) groups excluding carboxylic acids is 2. The predicted octanol–water partition coefficient (Wildman–Crippen LogP) is 8.79. The molecule has 4 N–H and O–H groups in total. The molecule has 1 heterocycles. The number of aromatic nitrogens is 1. The van der Waals surface area contributed by atoms with Crippen molar-refractivity contribution in [3.8, 4) is 0 Å². The fraction of sp³-hybridized carbons (Fsp3) is 0.553. The lowest BCUT2D eigenvalue weighted by Gasteiger charge is -2.24. The molecule has 6 nitrogen and oxygen atoms in total. The van der Waals surface area contributed by atoms with Crippen molar-refractivity contribution in [3.63, 3.8) is 0 Å². The van der Waals surface area contributed by atoms with Gasteiger partial charge < -0.3 is 16.4 Å². The van der Waals surface area contributed by atoms with E-state index in [2.05, 4.69) is 99.1 Å². The van der Waals surface area contributed by atoms with Crippen LogP contribution >= 0.6 is 11.3 Å². The Morgan fingerprint density at radius 2 is 1.42 bits per heavy atom. The van der Waals surface area contributed by atoms with Crippen LogP contribution in [0.2, 0.25) is 0 Å². The SMILES string of the molecule is CCC=CCC=CCC=CCC=CCC=CCC=CCC(C(N)=O)[C@H](CC(C)C)C(=O)Nc1nc2c(s1)C[C@H](NCCC)CC2. The molecule has 0 fully saturated rings. The second kappa shape index (κ2) is 23.3. The Morgan fingerprint density at radius 1 is 0.867 bits per heavy atom. The first kappa shape index (κ1) is 38.2. The van der Waals surface area contributed by atoms with Crippen LogP contribution in [0.4, 0.5) is 5.13 Å². The van der Waals surface area contributed by atoms with Crippen LogP contribution in [0.25, 0.3) is 0 Å². The minimum atomic E-state index is -0.561. The monoisotopic (exact) mass is 634 g/mol. The van der Waals surface area contributed by atoms with Gasteiger partial charge in [0.2, 0.25) is 11.8 Å². The minimum Gasteiger partial charge on any atom is -0.369 e. The Balaban J connectivity index is 1.80. The number of nitrogens with one attached hydrogen (secondary N) is 2. The highest BCUT2D eigenvalue weighted by Gasteiger charge is 2.33. The molecular formula is C38H58N4O2S. The molecule has 0 aliphatic heterocycles. The molecule has 1 unspecified atom stereocenters. The summed E-state index contributed by atoms with van der Waals surface area (Å²) in [5.41, 5.74) is 6.94. The third kappa shape index (κ3) is 16.2. The summed E-state index contributed by atoms with van der Waals surface area (Å²) in [5.74, 6) is -1.40. The quantitative estimate of drug-likeness (QED) is 0.111. The molecule has 1 aromatic rings. The number of thiazole rings is 1. The van der Waals surface area contributed by atoms with Gasteiger partial charge >= 0.3 is 0 Å². The van der Waals surface area contributed by atoms with Crippen LogP contribution in [0.5, 0.6) is 0 Å². The molecule has 7 heteroatoms. The number of nitrogens with two attached hydrogens (primary N) is 1. The second-order valence-electron chi connectivity index (χ2n) is 12.2. The highest BCUT2D eigenvalue weighted by molar-refractivity contribution is 7.15. The van der Waals surface area contributed by atoms with Gasteiger partial charge in [0.25, 0.3) is 0 Å². The van der Waals surface area contributed by atoms with Crippen molar-refractivity contribution in [2.75, 3.05) is 11.9 Å². The number of allylic oxidation sites excluding steroid dienone is 12. The van der Waals surface area contributed by atoms with Crippen LogP contribution in [-0.4, -0.2) is 29.4 Å². The summed E-state index contributed by atoms with van der Waals surface area (Å²) in [4.78, 5) is 32.0. The summed E-state index contributed by atoms with van der Waals surface area (Å²) in [6, 6.07) is 0.468. The molecule has 1 aromatic heterocycles. The van der Waals surface area contributed by atoms with Crippen molar-refractivity contribution in [1.82, 2.24) is 10.3 Å². The Bertz CT molecular complexity index is 1170. The summed E-state index contributed by atoms with van der Waals surface area (Å²) in [6.07, 6.45) is 36.7. The Kier molecular flexibility index (Phi) is 19.8. The molecule has 248 valence electrons. The van der Waals surface area contributed by atoms with E-state index in [9.17, 15) is 9.59 Å². The van der Waals surface area contributed by atoms with E-state index in [1.165, 1.54) is 4.88 Å². The van der Waals surface area contributed by atoms with E-state index < -0.39 is 17.7 Å². The number of carbonyl (C=O) groups is 2. The van der Waals surface area contributed by atoms with Gasteiger partial charge in [0.15, 0.2) is 5.13 Å². The molecule has 0 bridgehead atoms. The van der Waals surface area contributed by atoms with Gasteiger partial charge in [0.1, 0.15) is 0 Å². The second-order valence-corrected chi connectivity index (χ2v) is 13.3. The lowest BCUT2D eigenvalue weighted by Crippen LogP contribution is -2.37. The minimum absolute atomic E-state index is 0.162. The molecule has 0 spiro atoms. The summed E-state index contributed by atoms with van der Waals surface area (Å²) in [6.45, 7) is 9.49. The van der Waals surface area contributed by atoms with Gasteiger partial charge in [-0.2, -0.15) is 0 Å². The number of primary amides is 1. The zero-order chi connectivity index (χ0) is 32.7. The topological polar surface area (TPSA) is 97.1 Å². The highest BCUT2D eigenvalue weighted by Crippen LogP contribution is 2.32. The van der Waals surface area contributed by atoms with Crippen LogP contribution in [0.1, 0.15) is 102 Å². The van der Waals surface area contributed by atoms with Crippen molar-refractivity contribution in [1.29, 1.82) is 0 Å². The number of anilines is 1. The van der Waals surface area contributed by atoms with E-state index in [1.807, 2.05) is 12.2 Å². The molecule has 1 aliphatic carbocycles. The predicted molar refractivity (Wildman–Crippen MR) is 193 cm³/mol. The number of hydrogen-bond donors (Lipinski definition) is 3. The first-order valence-corrected chi connectivity index (χ1v) is 17.9.